The molecule has 1 spiro atoms. The van der Waals surface area contributed by atoms with Crippen molar-refractivity contribution in [2.45, 2.75) is 38.0 Å². The third-order valence-electron chi connectivity index (χ3n) is 4.85. The van der Waals surface area contributed by atoms with E-state index in [0.717, 1.165) is 37.5 Å². The molecule has 1 amide bonds. The minimum atomic E-state index is 0.193. The van der Waals surface area contributed by atoms with Crippen molar-refractivity contribution in [2.75, 3.05) is 18.4 Å². The van der Waals surface area contributed by atoms with Crippen LogP contribution in [0.2, 0.25) is 0 Å². The smallest absolute Gasteiger partial charge is 0.229 e. The first-order valence-corrected chi connectivity index (χ1v) is 8.12. The van der Waals surface area contributed by atoms with E-state index in [-0.39, 0.29) is 11.8 Å². The third kappa shape index (κ3) is 2.19. The van der Waals surface area contributed by atoms with Crippen molar-refractivity contribution < 1.29 is 4.79 Å². The summed E-state index contributed by atoms with van der Waals surface area (Å²) in [6, 6.07) is 0. The number of carbonyl (C=O) groups is 1. The van der Waals surface area contributed by atoms with E-state index in [1.165, 1.54) is 18.5 Å². The van der Waals surface area contributed by atoms with Crippen LogP contribution in [0.15, 0.2) is 5.38 Å². The SMILES string of the molecule is O=C(Nc1nc(C2CC2)cs1)[C@H]1CC12CCNCC2. The number of amides is 1. The minimum absolute atomic E-state index is 0.193. The lowest BCUT2D eigenvalue weighted by atomic mass is 9.92. The fourth-order valence-corrected chi connectivity index (χ4v) is 4.09. The molecule has 1 aliphatic heterocycles. The average molecular weight is 277 g/mol. The van der Waals surface area contributed by atoms with Gasteiger partial charge < -0.3 is 10.6 Å². The number of carbonyl (C=O) groups excluding carboxylic acids is 1. The molecule has 5 heteroatoms. The third-order valence-corrected chi connectivity index (χ3v) is 5.63. The van der Waals surface area contributed by atoms with Crippen LogP contribution in [0.25, 0.3) is 0 Å². The summed E-state index contributed by atoms with van der Waals surface area (Å²) in [5, 5.41) is 9.29. The maximum Gasteiger partial charge on any atom is 0.229 e. The van der Waals surface area contributed by atoms with Crippen molar-refractivity contribution in [3.63, 3.8) is 0 Å². The summed E-state index contributed by atoms with van der Waals surface area (Å²) < 4.78 is 0. The molecule has 2 aliphatic carbocycles. The van der Waals surface area contributed by atoms with Crippen molar-refractivity contribution >= 4 is 22.4 Å². The van der Waals surface area contributed by atoms with Crippen LogP contribution in [0.4, 0.5) is 5.13 Å². The Kier molecular flexibility index (Phi) is 2.67. The van der Waals surface area contributed by atoms with Gasteiger partial charge in [0, 0.05) is 17.2 Å². The van der Waals surface area contributed by atoms with Gasteiger partial charge in [0.05, 0.1) is 5.69 Å². The summed E-state index contributed by atoms with van der Waals surface area (Å²) in [4.78, 5) is 16.8. The fourth-order valence-electron chi connectivity index (χ4n) is 3.30. The molecule has 19 heavy (non-hydrogen) atoms. The van der Waals surface area contributed by atoms with Crippen molar-refractivity contribution in [3.8, 4) is 0 Å². The van der Waals surface area contributed by atoms with Gasteiger partial charge in [-0.2, -0.15) is 0 Å². The van der Waals surface area contributed by atoms with E-state index in [4.69, 9.17) is 0 Å². The number of nitrogens with zero attached hydrogens (tertiary/aromatic N) is 1. The molecule has 0 radical (unpaired) electrons. The molecule has 0 unspecified atom stereocenters. The minimum Gasteiger partial charge on any atom is -0.317 e. The number of anilines is 1. The van der Waals surface area contributed by atoms with Crippen LogP contribution >= 0.6 is 11.3 Å². The highest BCUT2D eigenvalue weighted by molar-refractivity contribution is 7.13. The lowest BCUT2D eigenvalue weighted by Gasteiger charge is -2.22. The fraction of sp³-hybridized carbons (Fsp3) is 0.714. The standard InChI is InChI=1S/C14H19N3OS/c18-12(10-7-14(10)3-5-15-6-4-14)17-13-16-11(8-19-13)9-1-2-9/h8-10,15H,1-7H2,(H,16,17,18)/t10-/m1/s1. The number of rotatable bonds is 3. The van der Waals surface area contributed by atoms with Gasteiger partial charge in [0.15, 0.2) is 5.13 Å². The summed E-state index contributed by atoms with van der Waals surface area (Å²) in [6.07, 6.45) is 5.89. The lowest BCUT2D eigenvalue weighted by molar-refractivity contribution is -0.118. The summed E-state index contributed by atoms with van der Waals surface area (Å²) in [5.74, 6) is 1.08. The van der Waals surface area contributed by atoms with E-state index in [1.807, 2.05) is 0 Å². The Morgan fingerprint density at radius 3 is 2.95 bits per heavy atom. The van der Waals surface area contributed by atoms with E-state index in [9.17, 15) is 4.79 Å². The van der Waals surface area contributed by atoms with Crippen LogP contribution in [0, 0.1) is 11.3 Å². The number of aromatic nitrogens is 1. The largest absolute Gasteiger partial charge is 0.317 e. The van der Waals surface area contributed by atoms with Crippen LogP contribution in [0.5, 0.6) is 0 Å². The highest BCUT2D eigenvalue weighted by atomic mass is 32.1. The van der Waals surface area contributed by atoms with Gasteiger partial charge in [-0.3, -0.25) is 4.79 Å². The van der Waals surface area contributed by atoms with E-state index in [0.29, 0.717) is 11.3 Å². The van der Waals surface area contributed by atoms with Crippen LogP contribution < -0.4 is 10.6 Å². The topological polar surface area (TPSA) is 54.0 Å². The summed E-state index contributed by atoms with van der Waals surface area (Å²) in [6.45, 7) is 2.12. The second-order valence-corrected chi connectivity index (χ2v) is 7.07. The van der Waals surface area contributed by atoms with E-state index < -0.39 is 0 Å². The van der Waals surface area contributed by atoms with Crippen molar-refractivity contribution in [1.82, 2.24) is 10.3 Å². The molecular formula is C14H19N3OS. The molecule has 4 nitrogen and oxygen atoms in total. The van der Waals surface area contributed by atoms with Crippen LogP contribution in [-0.4, -0.2) is 24.0 Å². The number of thiazole rings is 1. The number of nitrogens with one attached hydrogen (secondary N) is 2. The first kappa shape index (κ1) is 11.9. The van der Waals surface area contributed by atoms with E-state index >= 15 is 0 Å². The van der Waals surface area contributed by atoms with Gasteiger partial charge in [0.2, 0.25) is 5.91 Å². The van der Waals surface area contributed by atoms with Gasteiger partial charge >= 0.3 is 0 Å². The van der Waals surface area contributed by atoms with E-state index in [1.54, 1.807) is 11.3 Å². The molecule has 0 bridgehead atoms. The molecule has 3 fully saturated rings. The Balaban J connectivity index is 1.38. The molecular weight excluding hydrogens is 258 g/mol. The molecule has 4 rings (SSSR count). The average Bonchev–Trinajstić information content (AvgIpc) is 3.33. The van der Waals surface area contributed by atoms with E-state index in [2.05, 4.69) is 21.0 Å². The van der Waals surface area contributed by atoms with Crippen molar-refractivity contribution in [2.24, 2.45) is 11.3 Å². The van der Waals surface area contributed by atoms with Gasteiger partial charge in [-0.1, -0.05) is 0 Å². The molecule has 102 valence electrons. The van der Waals surface area contributed by atoms with Gasteiger partial charge in [-0.25, -0.2) is 4.98 Å². The molecule has 2 N–H and O–H groups in total. The molecule has 1 aromatic heterocycles. The molecule has 1 atom stereocenters. The van der Waals surface area contributed by atoms with Crippen LogP contribution in [0.3, 0.4) is 0 Å². The molecule has 0 aromatic carbocycles. The van der Waals surface area contributed by atoms with Crippen molar-refractivity contribution in [1.29, 1.82) is 0 Å². The first-order valence-electron chi connectivity index (χ1n) is 7.24. The Morgan fingerprint density at radius 2 is 2.21 bits per heavy atom. The Labute approximate surface area is 117 Å². The Bertz CT molecular complexity index is 503. The second kappa shape index (κ2) is 4.28. The normalized spacial score (nSPS) is 28.3. The zero-order valence-electron chi connectivity index (χ0n) is 10.9. The number of piperidine rings is 1. The second-order valence-electron chi connectivity index (χ2n) is 6.21. The Morgan fingerprint density at radius 1 is 1.42 bits per heavy atom. The first-order chi connectivity index (χ1) is 9.27. The zero-order chi connectivity index (χ0) is 12.9. The maximum atomic E-state index is 12.3. The summed E-state index contributed by atoms with van der Waals surface area (Å²) >= 11 is 1.57. The molecule has 1 saturated heterocycles. The highest BCUT2D eigenvalue weighted by Gasteiger charge is 2.57. The number of hydrogen-bond donors (Lipinski definition) is 2. The van der Waals surface area contributed by atoms with Crippen LogP contribution in [0.1, 0.15) is 43.7 Å². The molecule has 2 heterocycles. The molecule has 2 saturated carbocycles. The van der Waals surface area contributed by atoms with Gasteiger partial charge in [0.1, 0.15) is 0 Å². The predicted molar refractivity (Wildman–Crippen MR) is 75.4 cm³/mol. The van der Waals surface area contributed by atoms with Gasteiger partial charge in [0.25, 0.3) is 0 Å². The summed E-state index contributed by atoms with van der Waals surface area (Å²) in [7, 11) is 0. The van der Waals surface area contributed by atoms with Crippen molar-refractivity contribution in [3.05, 3.63) is 11.1 Å². The number of hydrogen-bond acceptors (Lipinski definition) is 4. The van der Waals surface area contributed by atoms with Gasteiger partial charge in [-0.15, -0.1) is 11.3 Å². The zero-order valence-corrected chi connectivity index (χ0v) is 11.8. The molecule has 1 aromatic rings. The lowest BCUT2D eigenvalue weighted by Crippen LogP contribution is -2.31. The van der Waals surface area contributed by atoms with Crippen LogP contribution in [-0.2, 0) is 4.79 Å². The van der Waals surface area contributed by atoms with Gasteiger partial charge in [-0.05, 0) is 50.6 Å². The maximum absolute atomic E-state index is 12.3. The predicted octanol–water partition coefficient (Wildman–Crippen LogP) is 2.35. The quantitative estimate of drug-likeness (QED) is 0.891. The summed E-state index contributed by atoms with van der Waals surface area (Å²) in [5.41, 5.74) is 1.49. The Hall–Kier alpha value is -0.940. The monoisotopic (exact) mass is 277 g/mol. The highest BCUT2D eigenvalue weighted by Crippen LogP contribution is 2.58. The molecule has 3 aliphatic rings.